The van der Waals surface area contributed by atoms with Crippen LogP contribution in [0.25, 0.3) is 0 Å². The molecule has 10 heavy (non-hydrogen) atoms. The molecule has 0 spiro atoms. The summed E-state index contributed by atoms with van der Waals surface area (Å²) in [6, 6.07) is 0. The smallest absolute Gasteiger partial charge is 0.0615 e. The molecule has 0 aliphatic carbocycles. The molecule has 1 rings (SSSR count). The highest BCUT2D eigenvalue weighted by atomic mass is 35.5. The zero-order valence-corrected chi connectivity index (χ0v) is 7.37. The van der Waals surface area contributed by atoms with Gasteiger partial charge in [0, 0.05) is 12.0 Å². The van der Waals surface area contributed by atoms with E-state index in [1.165, 1.54) is 0 Å². The summed E-state index contributed by atoms with van der Waals surface area (Å²) in [5.74, 6) is 0. The average molecular weight is 166 g/mol. The Morgan fingerprint density at radius 3 is 2.40 bits per heavy atom. The first-order chi connectivity index (χ1) is 4.13. The van der Waals surface area contributed by atoms with Crippen LogP contribution in [0.3, 0.4) is 0 Å². The molecule has 62 valence electrons. The minimum atomic E-state index is -0.112. The third kappa shape index (κ3) is 2.11. The van der Waals surface area contributed by atoms with Crippen molar-refractivity contribution in [1.82, 2.24) is 5.32 Å². The topological polar surface area (TPSA) is 32.3 Å². The van der Waals surface area contributed by atoms with Gasteiger partial charge in [-0.3, -0.25) is 0 Å². The summed E-state index contributed by atoms with van der Waals surface area (Å²) < 4.78 is 0. The summed E-state index contributed by atoms with van der Waals surface area (Å²) in [4.78, 5) is 0. The van der Waals surface area contributed by atoms with Gasteiger partial charge in [0.05, 0.1) is 6.10 Å². The second-order valence-corrected chi connectivity index (χ2v) is 3.47. The molecule has 1 aliphatic heterocycles. The molecule has 1 heterocycles. The minimum absolute atomic E-state index is 0. The van der Waals surface area contributed by atoms with Crippen molar-refractivity contribution >= 4 is 12.4 Å². The van der Waals surface area contributed by atoms with E-state index in [1.807, 2.05) is 0 Å². The number of hydrogen-bond donors (Lipinski definition) is 2. The van der Waals surface area contributed by atoms with Gasteiger partial charge >= 0.3 is 0 Å². The monoisotopic (exact) mass is 165 g/mol. The van der Waals surface area contributed by atoms with Crippen LogP contribution in [0.4, 0.5) is 0 Å². The van der Waals surface area contributed by atoms with Crippen LogP contribution >= 0.6 is 12.4 Å². The predicted molar refractivity (Wildman–Crippen MR) is 44.5 cm³/mol. The molecule has 0 aromatic heterocycles. The van der Waals surface area contributed by atoms with Crippen LogP contribution in [-0.4, -0.2) is 24.3 Å². The van der Waals surface area contributed by atoms with Crippen molar-refractivity contribution in [3.8, 4) is 0 Å². The summed E-state index contributed by atoms with van der Waals surface area (Å²) >= 11 is 0. The van der Waals surface area contributed by atoms with E-state index < -0.39 is 0 Å². The largest absolute Gasteiger partial charge is 0.392 e. The van der Waals surface area contributed by atoms with Gasteiger partial charge in [-0.15, -0.1) is 12.4 Å². The van der Waals surface area contributed by atoms with Crippen molar-refractivity contribution in [3.63, 3.8) is 0 Å². The number of nitrogens with one attached hydrogen (secondary N) is 1. The summed E-state index contributed by atoms with van der Waals surface area (Å²) in [5, 5.41) is 12.6. The Kier molecular flexibility index (Phi) is 3.63. The summed E-state index contributed by atoms with van der Waals surface area (Å²) in [6.07, 6.45) is 0.784. The first-order valence-corrected chi connectivity index (χ1v) is 3.52. The molecule has 0 aromatic carbocycles. The number of piperidine rings is 1. The van der Waals surface area contributed by atoms with Gasteiger partial charge in [-0.25, -0.2) is 0 Å². The molecule has 1 aliphatic rings. The quantitative estimate of drug-likeness (QED) is 0.557. The van der Waals surface area contributed by atoms with Gasteiger partial charge in [0.1, 0.15) is 0 Å². The normalized spacial score (nSPS) is 30.9. The molecule has 3 heteroatoms. The highest BCUT2D eigenvalue weighted by Crippen LogP contribution is 2.24. The van der Waals surface area contributed by atoms with E-state index in [9.17, 15) is 5.11 Å². The van der Waals surface area contributed by atoms with Crippen molar-refractivity contribution in [2.75, 3.05) is 13.1 Å². The second kappa shape index (κ2) is 3.56. The molecule has 1 atom stereocenters. The molecular formula is C7H16ClNO. The Hall–Kier alpha value is 0.210. The molecule has 1 saturated heterocycles. The first kappa shape index (κ1) is 10.2. The summed E-state index contributed by atoms with van der Waals surface area (Å²) in [6.45, 7) is 6.08. The number of aliphatic hydroxyl groups is 1. The zero-order chi connectivity index (χ0) is 6.91. The van der Waals surface area contributed by atoms with Crippen molar-refractivity contribution in [2.24, 2.45) is 5.41 Å². The van der Waals surface area contributed by atoms with E-state index in [0.717, 1.165) is 19.5 Å². The highest BCUT2D eigenvalue weighted by Gasteiger charge is 2.29. The Morgan fingerprint density at radius 1 is 1.50 bits per heavy atom. The average Bonchev–Trinajstić information content (AvgIpc) is 1.77. The molecule has 0 amide bonds. The minimum Gasteiger partial charge on any atom is -0.392 e. The Morgan fingerprint density at radius 2 is 2.10 bits per heavy atom. The van der Waals surface area contributed by atoms with Crippen LogP contribution in [0, 0.1) is 5.41 Å². The Balaban J connectivity index is 0.000000810. The Labute approximate surface area is 68.4 Å². The lowest BCUT2D eigenvalue weighted by atomic mass is 9.82. The fourth-order valence-electron chi connectivity index (χ4n) is 1.16. The summed E-state index contributed by atoms with van der Waals surface area (Å²) in [5.41, 5.74) is 0.0816. The molecule has 2 nitrogen and oxygen atoms in total. The van der Waals surface area contributed by atoms with Crippen LogP contribution in [0.15, 0.2) is 0 Å². The fraction of sp³-hybridized carbons (Fsp3) is 1.00. The maximum Gasteiger partial charge on any atom is 0.0615 e. The van der Waals surface area contributed by atoms with Crippen molar-refractivity contribution in [1.29, 1.82) is 0 Å². The van der Waals surface area contributed by atoms with Gasteiger partial charge in [0.25, 0.3) is 0 Å². The molecule has 0 radical (unpaired) electrons. The Bertz CT molecular complexity index is 106. The van der Waals surface area contributed by atoms with E-state index in [4.69, 9.17) is 0 Å². The highest BCUT2D eigenvalue weighted by molar-refractivity contribution is 5.85. The van der Waals surface area contributed by atoms with Gasteiger partial charge in [-0.2, -0.15) is 0 Å². The molecule has 0 bridgehead atoms. The van der Waals surface area contributed by atoms with Crippen LogP contribution < -0.4 is 5.32 Å². The fourth-order valence-corrected chi connectivity index (χ4v) is 1.16. The lowest BCUT2D eigenvalue weighted by Gasteiger charge is -2.35. The van der Waals surface area contributed by atoms with Gasteiger partial charge in [0.2, 0.25) is 0 Å². The molecule has 0 unspecified atom stereocenters. The van der Waals surface area contributed by atoms with Crippen LogP contribution in [0.1, 0.15) is 20.3 Å². The van der Waals surface area contributed by atoms with Crippen molar-refractivity contribution in [2.45, 2.75) is 26.4 Å². The number of rotatable bonds is 0. The molecule has 0 aromatic rings. The van der Waals surface area contributed by atoms with Crippen molar-refractivity contribution < 1.29 is 5.11 Å². The molecule has 1 fully saturated rings. The predicted octanol–water partition coefficient (Wildman–Crippen LogP) is 0.789. The number of hydrogen-bond acceptors (Lipinski definition) is 2. The third-order valence-electron chi connectivity index (χ3n) is 2.08. The maximum absolute atomic E-state index is 9.40. The van der Waals surface area contributed by atoms with E-state index in [0.29, 0.717) is 0 Å². The molecular weight excluding hydrogens is 150 g/mol. The van der Waals surface area contributed by atoms with E-state index in [1.54, 1.807) is 0 Å². The summed E-state index contributed by atoms with van der Waals surface area (Å²) in [7, 11) is 0. The van der Waals surface area contributed by atoms with Crippen LogP contribution in [0.2, 0.25) is 0 Å². The second-order valence-electron chi connectivity index (χ2n) is 3.47. The van der Waals surface area contributed by atoms with Crippen LogP contribution in [-0.2, 0) is 0 Å². The van der Waals surface area contributed by atoms with Gasteiger partial charge in [0.15, 0.2) is 0 Å². The molecule has 2 N–H and O–H groups in total. The third-order valence-corrected chi connectivity index (χ3v) is 2.08. The molecule has 0 saturated carbocycles. The lowest BCUT2D eigenvalue weighted by molar-refractivity contribution is 0.0242. The number of halogens is 1. The zero-order valence-electron chi connectivity index (χ0n) is 6.55. The van der Waals surface area contributed by atoms with E-state index in [-0.39, 0.29) is 23.9 Å². The SMILES string of the molecule is CC1(C)CNCC[C@H]1O.Cl. The van der Waals surface area contributed by atoms with E-state index in [2.05, 4.69) is 19.2 Å². The van der Waals surface area contributed by atoms with Gasteiger partial charge in [-0.05, 0) is 13.0 Å². The first-order valence-electron chi connectivity index (χ1n) is 3.52. The van der Waals surface area contributed by atoms with Gasteiger partial charge < -0.3 is 10.4 Å². The number of aliphatic hydroxyl groups excluding tert-OH is 1. The van der Waals surface area contributed by atoms with Crippen molar-refractivity contribution in [3.05, 3.63) is 0 Å². The standard InChI is InChI=1S/C7H15NO.ClH/c1-7(2)5-8-4-3-6(7)9;/h6,8-9H,3-5H2,1-2H3;1H/t6-;/m1./s1. The lowest BCUT2D eigenvalue weighted by Crippen LogP contribution is -2.45. The van der Waals surface area contributed by atoms with E-state index >= 15 is 0 Å². The van der Waals surface area contributed by atoms with Gasteiger partial charge in [-0.1, -0.05) is 13.8 Å². The maximum atomic E-state index is 9.40. The van der Waals surface area contributed by atoms with Crippen LogP contribution in [0.5, 0.6) is 0 Å².